The van der Waals surface area contributed by atoms with Gasteiger partial charge in [-0.25, -0.2) is 0 Å². The van der Waals surface area contributed by atoms with Gasteiger partial charge in [-0.3, -0.25) is 30.6 Å². The second-order valence-electron chi connectivity index (χ2n) is 4.22. The Hall–Kier alpha value is -2.71. The third kappa shape index (κ3) is 4.63. The molecule has 1 aromatic carbocycles. The first-order chi connectivity index (χ1) is 11.0. The summed E-state index contributed by atoms with van der Waals surface area (Å²) in [4.78, 5) is 33.8. The highest BCUT2D eigenvalue weighted by Gasteiger charge is 2.12. The van der Waals surface area contributed by atoms with E-state index in [9.17, 15) is 19.7 Å². The molecule has 0 aliphatic rings. The smallest absolute Gasteiger partial charge is 0.268 e. The summed E-state index contributed by atoms with van der Waals surface area (Å²) in [6.07, 6.45) is 2.51. The molecule has 1 aromatic heterocycles. The van der Waals surface area contributed by atoms with Crippen LogP contribution in [-0.4, -0.2) is 16.7 Å². The number of hydrogen-bond donors (Lipinski definition) is 2. The summed E-state index contributed by atoms with van der Waals surface area (Å²) >= 11 is 6.94. The lowest BCUT2D eigenvalue weighted by atomic mass is 10.2. The summed E-state index contributed by atoms with van der Waals surface area (Å²) in [5.41, 5.74) is 4.64. The van der Waals surface area contributed by atoms with E-state index in [-0.39, 0.29) is 10.7 Å². The van der Waals surface area contributed by atoms with Gasteiger partial charge in [-0.15, -0.1) is 11.3 Å². The topological polar surface area (TPSA) is 101 Å². The van der Waals surface area contributed by atoms with Gasteiger partial charge in [-0.1, -0.05) is 23.7 Å². The molecule has 118 valence electrons. The maximum atomic E-state index is 11.6. The first-order valence-corrected chi connectivity index (χ1v) is 7.49. The third-order valence-electron chi connectivity index (χ3n) is 2.64. The van der Waals surface area contributed by atoms with Gasteiger partial charge in [-0.05, 0) is 29.2 Å². The van der Waals surface area contributed by atoms with Crippen LogP contribution in [0.15, 0.2) is 41.8 Å². The van der Waals surface area contributed by atoms with Gasteiger partial charge in [-0.2, -0.15) is 0 Å². The fraction of sp³-hybridized carbons (Fsp3) is 0. The van der Waals surface area contributed by atoms with Crippen LogP contribution in [0.1, 0.15) is 15.2 Å². The number of nitro groups is 1. The summed E-state index contributed by atoms with van der Waals surface area (Å²) < 4.78 is 0. The number of halogens is 1. The molecular formula is C14H10ClN3O4S. The number of hydrazine groups is 1. The number of thiophene rings is 1. The Labute approximate surface area is 139 Å². The number of nitrogens with one attached hydrogen (secondary N) is 2. The lowest BCUT2D eigenvalue weighted by molar-refractivity contribution is -0.384. The molecule has 0 saturated heterocycles. The molecule has 1 heterocycles. The molecule has 7 nitrogen and oxygen atoms in total. The van der Waals surface area contributed by atoms with Crippen molar-refractivity contribution in [2.45, 2.75) is 0 Å². The average molecular weight is 352 g/mol. The predicted molar refractivity (Wildman–Crippen MR) is 87.1 cm³/mol. The molecule has 0 radical (unpaired) electrons. The van der Waals surface area contributed by atoms with Crippen molar-refractivity contribution in [3.8, 4) is 0 Å². The molecule has 0 atom stereocenters. The number of carbonyl (C=O) groups is 2. The molecule has 2 aromatic rings. The zero-order valence-corrected chi connectivity index (χ0v) is 13.1. The summed E-state index contributed by atoms with van der Waals surface area (Å²) in [5.74, 6) is -1.00. The van der Waals surface area contributed by atoms with Gasteiger partial charge >= 0.3 is 0 Å². The van der Waals surface area contributed by atoms with Crippen molar-refractivity contribution < 1.29 is 14.5 Å². The Balaban J connectivity index is 1.95. The van der Waals surface area contributed by atoms with Gasteiger partial charge in [0, 0.05) is 12.1 Å². The molecule has 2 N–H and O–H groups in total. The molecular weight excluding hydrogens is 342 g/mol. The highest BCUT2D eigenvalue weighted by Crippen LogP contribution is 2.25. The van der Waals surface area contributed by atoms with Gasteiger partial charge in [0.25, 0.3) is 17.5 Å². The third-order valence-corrected chi connectivity index (χ3v) is 3.83. The summed E-state index contributed by atoms with van der Waals surface area (Å²) in [7, 11) is 0. The lowest BCUT2D eigenvalue weighted by Crippen LogP contribution is -2.40. The molecule has 2 amide bonds. The molecule has 0 fully saturated rings. The largest absolute Gasteiger partial charge is 0.288 e. The van der Waals surface area contributed by atoms with E-state index in [2.05, 4.69) is 10.9 Å². The zero-order chi connectivity index (χ0) is 16.8. The SMILES string of the molecule is O=C(/C=C/c1ccc(Cl)c([N+](=O)[O-])c1)NNC(=O)c1cccs1. The maximum Gasteiger partial charge on any atom is 0.288 e. The van der Waals surface area contributed by atoms with E-state index in [1.165, 1.54) is 35.6 Å². The average Bonchev–Trinajstić information content (AvgIpc) is 3.06. The van der Waals surface area contributed by atoms with Crippen LogP contribution in [0, 0.1) is 10.1 Å². The number of nitro benzene ring substituents is 1. The van der Waals surface area contributed by atoms with Crippen molar-refractivity contribution in [1.82, 2.24) is 10.9 Å². The van der Waals surface area contributed by atoms with Crippen LogP contribution >= 0.6 is 22.9 Å². The van der Waals surface area contributed by atoms with Gasteiger partial charge in [0.15, 0.2) is 0 Å². The molecule has 9 heteroatoms. The monoisotopic (exact) mass is 351 g/mol. The second kappa shape index (κ2) is 7.52. The highest BCUT2D eigenvalue weighted by molar-refractivity contribution is 7.12. The van der Waals surface area contributed by atoms with Crippen molar-refractivity contribution >= 4 is 46.5 Å². The van der Waals surface area contributed by atoms with E-state index in [0.717, 1.165) is 6.08 Å². The quantitative estimate of drug-likeness (QED) is 0.502. The Kier molecular flexibility index (Phi) is 5.45. The van der Waals surface area contributed by atoms with E-state index in [1.807, 2.05) is 0 Å². The Bertz CT molecular complexity index is 774. The van der Waals surface area contributed by atoms with Crippen molar-refractivity contribution in [3.63, 3.8) is 0 Å². The molecule has 2 rings (SSSR count). The summed E-state index contributed by atoms with van der Waals surface area (Å²) in [6.45, 7) is 0. The minimum Gasteiger partial charge on any atom is -0.268 e. The van der Waals surface area contributed by atoms with Crippen LogP contribution in [0.5, 0.6) is 0 Å². The van der Waals surface area contributed by atoms with Gasteiger partial charge < -0.3 is 0 Å². The van der Waals surface area contributed by atoms with E-state index < -0.39 is 16.7 Å². The lowest BCUT2D eigenvalue weighted by Gasteiger charge is -2.03. The first-order valence-electron chi connectivity index (χ1n) is 6.23. The molecule has 23 heavy (non-hydrogen) atoms. The van der Waals surface area contributed by atoms with Crippen LogP contribution < -0.4 is 10.9 Å². The summed E-state index contributed by atoms with van der Waals surface area (Å²) in [5, 5.41) is 12.5. The number of benzene rings is 1. The Morgan fingerprint density at radius 3 is 2.70 bits per heavy atom. The van der Waals surface area contributed by atoms with Crippen LogP contribution in [0.2, 0.25) is 5.02 Å². The molecule has 0 saturated carbocycles. The number of hydrogen-bond acceptors (Lipinski definition) is 5. The van der Waals surface area contributed by atoms with Gasteiger partial charge in [0.2, 0.25) is 0 Å². The van der Waals surface area contributed by atoms with Crippen LogP contribution in [-0.2, 0) is 4.79 Å². The second-order valence-corrected chi connectivity index (χ2v) is 5.58. The van der Waals surface area contributed by atoms with Crippen LogP contribution in [0.3, 0.4) is 0 Å². The maximum absolute atomic E-state index is 11.6. The molecule has 0 spiro atoms. The van der Waals surface area contributed by atoms with E-state index in [4.69, 9.17) is 11.6 Å². The number of rotatable bonds is 4. The minimum atomic E-state index is -0.610. The van der Waals surface area contributed by atoms with Crippen molar-refractivity contribution in [2.24, 2.45) is 0 Å². The molecule has 0 bridgehead atoms. The molecule has 0 aliphatic carbocycles. The van der Waals surface area contributed by atoms with Crippen LogP contribution in [0.4, 0.5) is 5.69 Å². The fourth-order valence-electron chi connectivity index (χ4n) is 1.57. The van der Waals surface area contributed by atoms with Crippen LogP contribution in [0.25, 0.3) is 6.08 Å². The summed E-state index contributed by atoms with van der Waals surface area (Å²) in [6, 6.07) is 7.49. The normalized spacial score (nSPS) is 10.5. The van der Waals surface area contributed by atoms with Gasteiger partial charge in [0.05, 0.1) is 9.80 Å². The van der Waals surface area contributed by atoms with Crippen molar-refractivity contribution in [2.75, 3.05) is 0 Å². The first kappa shape index (κ1) is 16.7. The number of nitrogens with zero attached hydrogens (tertiary/aromatic N) is 1. The zero-order valence-electron chi connectivity index (χ0n) is 11.5. The van der Waals surface area contributed by atoms with Crippen molar-refractivity contribution in [1.29, 1.82) is 0 Å². The molecule has 0 aliphatic heterocycles. The Morgan fingerprint density at radius 2 is 2.04 bits per heavy atom. The Morgan fingerprint density at radius 1 is 1.26 bits per heavy atom. The van der Waals surface area contributed by atoms with Gasteiger partial charge in [0.1, 0.15) is 5.02 Å². The minimum absolute atomic E-state index is 0.0137. The van der Waals surface area contributed by atoms with Crippen molar-refractivity contribution in [3.05, 3.63) is 67.4 Å². The predicted octanol–water partition coefficient (Wildman–Crippen LogP) is 2.78. The fourth-order valence-corrected chi connectivity index (χ4v) is 2.38. The van der Waals surface area contributed by atoms with E-state index >= 15 is 0 Å². The number of carbonyl (C=O) groups excluding carboxylic acids is 2. The van der Waals surface area contributed by atoms with E-state index in [1.54, 1.807) is 17.5 Å². The standard InChI is InChI=1S/C14H10ClN3O4S/c15-10-5-3-9(8-11(10)18(21)22)4-6-13(19)16-17-14(20)12-2-1-7-23-12/h1-8H,(H,16,19)(H,17,20)/b6-4+. The van der Waals surface area contributed by atoms with E-state index in [0.29, 0.717) is 10.4 Å². The number of amides is 2. The highest BCUT2D eigenvalue weighted by atomic mass is 35.5. The molecule has 0 unspecified atom stereocenters.